The predicted molar refractivity (Wildman–Crippen MR) is 76.2 cm³/mol. The molecular weight excluding hydrogens is 242 g/mol. The van der Waals surface area contributed by atoms with Crippen LogP contribution in [0.3, 0.4) is 0 Å². The van der Waals surface area contributed by atoms with Crippen LogP contribution in [0.15, 0.2) is 17.4 Å². The average Bonchev–Trinajstić information content (AvgIpc) is 2.86. The molecule has 1 unspecified atom stereocenters. The smallest absolute Gasteiger partial charge is 0.156 e. The first kappa shape index (κ1) is 15.5. The molecule has 1 aromatic rings. The van der Waals surface area contributed by atoms with Crippen LogP contribution >= 0.6 is 0 Å². The van der Waals surface area contributed by atoms with Gasteiger partial charge in [0.15, 0.2) is 5.84 Å². The molecular formula is C13H25N5O. The van der Waals surface area contributed by atoms with Crippen molar-refractivity contribution in [2.45, 2.75) is 52.2 Å². The number of nitrogens with two attached hydrogens (primary N) is 1. The lowest BCUT2D eigenvalue weighted by Crippen LogP contribution is -2.40. The second-order valence-corrected chi connectivity index (χ2v) is 4.87. The zero-order valence-corrected chi connectivity index (χ0v) is 12.2. The number of hydrogen-bond acceptors (Lipinski definition) is 4. The highest BCUT2D eigenvalue weighted by atomic mass is 16.4. The molecule has 1 heterocycles. The van der Waals surface area contributed by atoms with E-state index >= 15 is 0 Å². The van der Waals surface area contributed by atoms with Gasteiger partial charge in [0.1, 0.15) is 0 Å². The standard InChI is InChI=1S/C13H25N5O/c1-5-12(6-2)18-8-7-11(15-18)9-17(4)10(3)13(14)16-19/h7-8,10,12,19H,5-6,9H2,1-4H3,(H2,14,16). The van der Waals surface area contributed by atoms with Crippen LogP contribution in [0.25, 0.3) is 0 Å². The molecule has 0 saturated heterocycles. The monoisotopic (exact) mass is 267 g/mol. The molecule has 0 spiro atoms. The summed E-state index contributed by atoms with van der Waals surface area (Å²) in [5, 5.41) is 16.3. The van der Waals surface area contributed by atoms with E-state index in [2.05, 4.69) is 24.1 Å². The van der Waals surface area contributed by atoms with E-state index in [1.54, 1.807) is 0 Å². The number of hydrogen-bond donors (Lipinski definition) is 2. The van der Waals surface area contributed by atoms with Crippen LogP contribution in [-0.2, 0) is 6.54 Å². The number of oxime groups is 1. The van der Waals surface area contributed by atoms with Crippen molar-refractivity contribution in [1.82, 2.24) is 14.7 Å². The second kappa shape index (κ2) is 7.13. The number of amidine groups is 1. The van der Waals surface area contributed by atoms with Crippen molar-refractivity contribution in [2.24, 2.45) is 10.9 Å². The normalized spacial score (nSPS) is 14.3. The van der Waals surface area contributed by atoms with E-state index in [0.717, 1.165) is 18.5 Å². The molecule has 3 N–H and O–H groups in total. The summed E-state index contributed by atoms with van der Waals surface area (Å²) >= 11 is 0. The molecule has 1 rings (SSSR count). The zero-order chi connectivity index (χ0) is 14.4. The van der Waals surface area contributed by atoms with E-state index in [1.165, 1.54) is 0 Å². The summed E-state index contributed by atoms with van der Waals surface area (Å²) in [7, 11) is 1.93. The van der Waals surface area contributed by atoms with Gasteiger partial charge in [0.05, 0.1) is 17.8 Å². The molecule has 0 aliphatic rings. The van der Waals surface area contributed by atoms with E-state index in [-0.39, 0.29) is 11.9 Å². The molecule has 0 saturated carbocycles. The Bertz CT molecular complexity index is 411. The first-order valence-electron chi connectivity index (χ1n) is 6.75. The van der Waals surface area contributed by atoms with Gasteiger partial charge in [-0.3, -0.25) is 9.58 Å². The minimum atomic E-state index is -0.122. The largest absolute Gasteiger partial charge is 0.409 e. The molecule has 19 heavy (non-hydrogen) atoms. The Kier molecular flexibility index (Phi) is 5.82. The summed E-state index contributed by atoms with van der Waals surface area (Å²) in [5.74, 6) is 0.210. The van der Waals surface area contributed by atoms with Gasteiger partial charge in [-0.15, -0.1) is 0 Å². The molecule has 0 aliphatic heterocycles. The summed E-state index contributed by atoms with van der Waals surface area (Å²) < 4.78 is 2.03. The highest BCUT2D eigenvalue weighted by Crippen LogP contribution is 2.15. The van der Waals surface area contributed by atoms with Crippen molar-refractivity contribution in [3.05, 3.63) is 18.0 Å². The van der Waals surface area contributed by atoms with Crippen LogP contribution in [0.2, 0.25) is 0 Å². The Morgan fingerprint density at radius 1 is 1.53 bits per heavy atom. The first-order chi connectivity index (χ1) is 9.03. The Morgan fingerprint density at radius 3 is 2.68 bits per heavy atom. The third kappa shape index (κ3) is 3.96. The number of likely N-dealkylation sites (N-methyl/N-ethyl adjacent to an activating group) is 1. The Hall–Kier alpha value is -1.56. The van der Waals surface area contributed by atoms with Crippen molar-refractivity contribution in [3.63, 3.8) is 0 Å². The predicted octanol–water partition coefficient (Wildman–Crippen LogP) is 1.81. The van der Waals surface area contributed by atoms with E-state index in [4.69, 9.17) is 10.9 Å². The fraction of sp³-hybridized carbons (Fsp3) is 0.692. The summed E-state index contributed by atoms with van der Waals surface area (Å²) in [4.78, 5) is 1.99. The molecule has 6 heteroatoms. The van der Waals surface area contributed by atoms with E-state index in [0.29, 0.717) is 12.6 Å². The first-order valence-corrected chi connectivity index (χ1v) is 6.75. The van der Waals surface area contributed by atoms with Crippen LogP contribution in [0, 0.1) is 0 Å². The fourth-order valence-corrected chi connectivity index (χ4v) is 2.03. The minimum absolute atomic E-state index is 0.122. The lowest BCUT2D eigenvalue weighted by Gasteiger charge is -2.22. The van der Waals surface area contributed by atoms with Gasteiger partial charge >= 0.3 is 0 Å². The van der Waals surface area contributed by atoms with E-state index in [1.807, 2.05) is 35.8 Å². The molecule has 1 aromatic heterocycles. The molecule has 0 aliphatic carbocycles. The van der Waals surface area contributed by atoms with Crippen LogP contribution in [0.4, 0.5) is 0 Å². The molecule has 6 nitrogen and oxygen atoms in total. The van der Waals surface area contributed by atoms with Gasteiger partial charge in [-0.05, 0) is 32.9 Å². The summed E-state index contributed by atoms with van der Waals surface area (Å²) in [5.41, 5.74) is 6.59. The molecule has 1 atom stereocenters. The minimum Gasteiger partial charge on any atom is -0.409 e. The van der Waals surface area contributed by atoms with Crippen molar-refractivity contribution >= 4 is 5.84 Å². The van der Waals surface area contributed by atoms with E-state index < -0.39 is 0 Å². The SMILES string of the molecule is CCC(CC)n1ccc(CN(C)C(C)C(N)=NO)n1. The molecule has 0 aromatic carbocycles. The molecule has 0 fully saturated rings. The number of nitrogens with zero attached hydrogens (tertiary/aromatic N) is 4. The summed E-state index contributed by atoms with van der Waals surface area (Å²) in [6.07, 6.45) is 4.18. The lowest BCUT2D eigenvalue weighted by atomic mass is 10.2. The maximum absolute atomic E-state index is 8.68. The van der Waals surface area contributed by atoms with Gasteiger partial charge in [-0.2, -0.15) is 5.10 Å². The average molecular weight is 267 g/mol. The maximum Gasteiger partial charge on any atom is 0.156 e. The third-order valence-corrected chi connectivity index (χ3v) is 3.60. The van der Waals surface area contributed by atoms with Gasteiger partial charge in [0, 0.05) is 12.7 Å². The second-order valence-electron chi connectivity index (χ2n) is 4.87. The summed E-state index contributed by atoms with van der Waals surface area (Å²) in [6.45, 7) is 6.90. The Balaban J connectivity index is 2.68. The molecule has 0 radical (unpaired) electrons. The number of rotatable bonds is 7. The van der Waals surface area contributed by atoms with E-state index in [9.17, 15) is 0 Å². The van der Waals surface area contributed by atoms with Crippen LogP contribution < -0.4 is 5.73 Å². The Labute approximate surface area is 114 Å². The molecule has 108 valence electrons. The van der Waals surface area contributed by atoms with Gasteiger partial charge in [0.25, 0.3) is 0 Å². The lowest BCUT2D eigenvalue weighted by molar-refractivity contribution is 0.275. The van der Waals surface area contributed by atoms with Crippen molar-refractivity contribution in [1.29, 1.82) is 0 Å². The highest BCUT2D eigenvalue weighted by Gasteiger charge is 2.16. The Morgan fingerprint density at radius 2 is 2.16 bits per heavy atom. The summed E-state index contributed by atoms with van der Waals surface area (Å²) in [6, 6.07) is 2.36. The van der Waals surface area contributed by atoms with Gasteiger partial charge < -0.3 is 10.9 Å². The van der Waals surface area contributed by atoms with Crippen LogP contribution in [0.1, 0.15) is 45.3 Å². The fourth-order valence-electron chi connectivity index (χ4n) is 2.03. The van der Waals surface area contributed by atoms with Crippen molar-refractivity contribution in [3.8, 4) is 0 Å². The van der Waals surface area contributed by atoms with Crippen LogP contribution in [-0.4, -0.2) is 38.8 Å². The number of aromatic nitrogens is 2. The topological polar surface area (TPSA) is 79.7 Å². The van der Waals surface area contributed by atoms with Gasteiger partial charge in [-0.1, -0.05) is 19.0 Å². The van der Waals surface area contributed by atoms with Gasteiger partial charge in [0.2, 0.25) is 0 Å². The highest BCUT2D eigenvalue weighted by molar-refractivity contribution is 5.84. The van der Waals surface area contributed by atoms with Crippen molar-refractivity contribution < 1.29 is 5.21 Å². The van der Waals surface area contributed by atoms with Crippen molar-refractivity contribution in [2.75, 3.05) is 7.05 Å². The molecule has 0 bridgehead atoms. The van der Waals surface area contributed by atoms with Crippen LogP contribution in [0.5, 0.6) is 0 Å². The molecule has 0 amide bonds. The van der Waals surface area contributed by atoms with Gasteiger partial charge in [-0.25, -0.2) is 0 Å². The zero-order valence-electron chi connectivity index (χ0n) is 12.2. The quantitative estimate of drug-likeness (QED) is 0.342. The maximum atomic E-state index is 8.68. The third-order valence-electron chi connectivity index (χ3n) is 3.60.